The minimum Gasteiger partial charge on any atom is -0.371 e. The van der Waals surface area contributed by atoms with E-state index >= 15 is 0 Å². The molecule has 0 bridgehead atoms. The molecule has 0 spiro atoms. The fraction of sp³-hybridized carbons (Fsp3) is 0.200. The summed E-state index contributed by atoms with van der Waals surface area (Å²) >= 11 is 0. The number of aromatic nitrogens is 2. The number of carbonyl (C=O) groups excluding carboxylic acids is 1. The lowest BCUT2D eigenvalue weighted by atomic mass is 10.0. The van der Waals surface area contributed by atoms with E-state index in [1.807, 2.05) is 24.3 Å². The highest BCUT2D eigenvalue weighted by Gasteiger charge is 2.16. The van der Waals surface area contributed by atoms with E-state index in [9.17, 15) is 9.18 Å². The molecule has 3 N–H and O–H groups in total. The summed E-state index contributed by atoms with van der Waals surface area (Å²) in [6.07, 6.45) is 0.0696. The Morgan fingerprint density at radius 3 is 2.57 bits per heavy atom. The molecular formula is C20H20ClFN4O2. The van der Waals surface area contributed by atoms with Crippen LogP contribution < -0.4 is 10.6 Å². The van der Waals surface area contributed by atoms with Crippen molar-refractivity contribution in [1.29, 1.82) is 0 Å². The number of ether oxygens (including phenoxy) is 1. The average molecular weight is 403 g/mol. The third-order valence-corrected chi connectivity index (χ3v) is 4.45. The fourth-order valence-electron chi connectivity index (χ4n) is 2.98. The Hall–Kier alpha value is -2.74. The van der Waals surface area contributed by atoms with Gasteiger partial charge in [-0.15, -0.1) is 12.4 Å². The Bertz CT molecular complexity index is 922. The second-order valence-corrected chi connectivity index (χ2v) is 6.31. The maximum absolute atomic E-state index is 13.0. The Morgan fingerprint density at radius 1 is 1.14 bits per heavy atom. The minimum absolute atomic E-state index is 0. The Labute approximate surface area is 167 Å². The Morgan fingerprint density at radius 2 is 1.89 bits per heavy atom. The predicted octanol–water partition coefficient (Wildman–Crippen LogP) is 3.55. The van der Waals surface area contributed by atoms with Crippen molar-refractivity contribution >= 4 is 24.1 Å². The molecule has 6 nitrogen and oxygen atoms in total. The van der Waals surface area contributed by atoms with Gasteiger partial charge in [-0.2, -0.15) is 5.10 Å². The fourth-order valence-corrected chi connectivity index (χ4v) is 2.98. The van der Waals surface area contributed by atoms with Gasteiger partial charge in [-0.3, -0.25) is 9.89 Å². The monoisotopic (exact) mass is 402 g/mol. The lowest BCUT2D eigenvalue weighted by Gasteiger charge is -2.24. The molecule has 1 atom stereocenters. The summed E-state index contributed by atoms with van der Waals surface area (Å²) in [4.78, 5) is 12.2. The highest BCUT2D eigenvalue weighted by molar-refractivity contribution is 6.03. The van der Waals surface area contributed by atoms with Crippen LogP contribution in [-0.2, 0) is 4.74 Å². The molecule has 1 fully saturated rings. The van der Waals surface area contributed by atoms with Crippen molar-refractivity contribution in [2.75, 3.05) is 25.0 Å². The van der Waals surface area contributed by atoms with E-state index in [-0.39, 0.29) is 30.2 Å². The second kappa shape index (κ2) is 8.97. The number of nitrogens with zero attached hydrogens (tertiary/aromatic N) is 1. The van der Waals surface area contributed by atoms with Gasteiger partial charge in [-0.1, -0.05) is 24.3 Å². The van der Waals surface area contributed by atoms with Crippen LogP contribution in [0, 0.1) is 5.82 Å². The van der Waals surface area contributed by atoms with Crippen molar-refractivity contribution in [2.24, 2.45) is 0 Å². The molecule has 2 heterocycles. The molecule has 1 amide bonds. The van der Waals surface area contributed by atoms with Gasteiger partial charge in [-0.05, 0) is 35.4 Å². The van der Waals surface area contributed by atoms with Crippen LogP contribution in [0.15, 0.2) is 54.6 Å². The van der Waals surface area contributed by atoms with Crippen molar-refractivity contribution in [2.45, 2.75) is 6.10 Å². The third kappa shape index (κ3) is 4.56. The molecule has 0 unspecified atom stereocenters. The first-order chi connectivity index (χ1) is 13.2. The van der Waals surface area contributed by atoms with Crippen LogP contribution in [0.1, 0.15) is 22.0 Å². The Kier molecular flexibility index (Phi) is 6.41. The number of amides is 1. The van der Waals surface area contributed by atoms with E-state index in [1.54, 1.807) is 6.07 Å². The molecule has 4 rings (SSSR count). The third-order valence-electron chi connectivity index (χ3n) is 4.45. The van der Waals surface area contributed by atoms with Gasteiger partial charge in [0.2, 0.25) is 0 Å². The number of rotatable bonds is 4. The first-order valence-electron chi connectivity index (χ1n) is 8.74. The Balaban J connectivity index is 0.00000225. The molecule has 0 radical (unpaired) electrons. The summed E-state index contributed by atoms with van der Waals surface area (Å²) in [6.45, 7) is 2.40. The summed E-state index contributed by atoms with van der Waals surface area (Å²) in [6, 6.07) is 15.2. The number of halogens is 2. The molecule has 1 aliphatic rings. The van der Waals surface area contributed by atoms with E-state index in [4.69, 9.17) is 4.74 Å². The van der Waals surface area contributed by atoms with Crippen LogP contribution in [-0.4, -0.2) is 35.8 Å². The highest BCUT2D eigenvalue weighted by Crippen LogP contribution is 2.24. The topological polar surface area (TPSA) is 79.0 Å². The SMILES string of the molecule is Cl.O=C(Nc1cc(-c2ccc([C@H]3CNCCO3)cc2)[nH]n1)c1ccc(F)cc1. The zero-order valence-electron chi connectivity index (χ0n) is 14.9. The van der Waals surface area contributed by atoms with E-state index < -0.39 is 0 Å². The van der Waals surface area contributed by atoms with Gasteiger partial charge in [0, 0.05) is 24.7 Å². The summed E-state index contributed by atoms with van der Waals surface area (Å²) in [5.41, 5.74) is 3.23. The second-order valence-electron chi connectivity index (χ2n) is 6.31. The van der Waals surface area contributed by atoms with Gasteiger partial charge in [0.15, 0.2) is 5.82 Å². The smallest absolute Gasteiger partial charge is 0.256 e. The molecular weight excluding hydrogens is 383 g/mol. The number of hydrogen-bond donors (Lipinski definition) is 3. The first kappa shape index (κ1) is 20.0. The summed E-state index contributed by atoms with van der Waals surface area (Å²) in [5, 5.41) is 13.1. The van der Waals surface area contributed by atoms with Gasteiger partial charge in [-0.25, -0.2) is 4.39 Å². The minimum atomic E-state index is -0.383. The van der Waals surface area contributed by atoms with Crippen LogP contribution >= 0.6 is 12.4 Å². The van der Waals surface area contributed by atoms with Gasteiger partial charge in [0.1, 0.15) is 5.82 Å². The van der Waals surface area contributed by atoms with Gasteiger partial charge in [0.25, 0.3) is 5.91 Å². The van der Waals surface area contributed by atoms with Crippen LogP contribution in [0.25, 0.3) is 11.3 Å². The number of aromatic amines is 1. The molecule has 0 saturated carbocycles. The van der Waals surface area contributed by atoms with E-state index in [0.29, 0.717) is 18.0 Å². The quantitative estimate of drug-likeness (QED) is 0.623. The number of anilines is 1. The number of hydrogen-bond acceptors (Lipinski definition) is 4. The molecule has 3 aromatic rings. The summed E-state index contributed by atoms with van der Waals surface area (Å²) in [5.74, 6) is -0.319. The molecule has 8 heteroatoms. The predicted molar refractivity (Wildman–Crippen MR) is 107 cm³/mol. The van der Waals surface area contributed by atoms with Crippen molar-refractivity contribution in [3.63, 3.8) is 0 Å². The highest BCUT2D eigenvalue weighted by atomic mass is 35.5. The summed E-state index contributed by atoms with van der Waals surface area (Å²) < 4.78 is 18.7. The number of morpholine rings is 1. The molecule has 2 aromatic carbocycles. The molecule has 0 aliphatic carbocycles. The largest absolute Gasteiger partial charge is 0.371 e. The van der Waals surface area contributed by atoms with Crippen molar-refractivity contribution in [3.8, 4) is 11.3 Å². The van der Waals surface area contributed by atoms with E-state index in [1.165, 1.54) is 24.3 Å². The standard InChI is InChI=1S/C20H19FN4O2.ClH/c21-16-7-5-15(6-8-16)20(26)23-19-11-17(24-25-19)13-1-3-14(4-2-13)18-12-22-9-10-27-18;/h1-8,11,18,22H,9-10,12H2,(H2,23,24,25,26);1H/t18-;/m1./s1. The lowest BCUT2D eigenvalue weighted by molar-refractivity contribution is 0.0277. The molecule has 1 saturated heterocycles. The summed E-state index contributed by atoms with van der Waals surface area (Å²) in [7, 11) is 0. The molecule has 1 aromatic heterocycles. The van der Waals surface area contributed by atoms with Crippen molar-refractivity contribution in [3.05, 3.63) is 71.5 Å². The van der Waals surface area contributed by atoms with Gasteiger partial charge >= 0.3 is 0 Å². The van der Waals surface area contributed by atoms with Crippen LogP contribution in [0.3, 0.4) is 0 Å². The van der Waals surface area contributed by atoms with Crippen molar-refractivity contribution in [1.82, 2.24) is 15.5 Å². The average Bonchev–Trinajstić information content (AvgIpc) is 3.18. The van der Waals surface area contributed by atoms with Crippen LogP contribution in [0.2, 0.25) is 0 Å². The normalized spacial score (nSPS) is 16.2. The van der Waals surface area contributed by atoms with E-state index in [2.05, 4.69) is 20.8 Å². The number of H-pyrrole nitrogens is 1. The number of nitrogens with one attached hydrogen (secondary N) is 3. The maximum Gasteiger partial charge on any atom is 0.256 e. The van der Waals surface area contributed by atoms with Gasteiger partial charge in [0.05, 0.1) is 18.4 Å². The zero-order valence-corrected chi connectivity index (χ0v) is 15.8. The number of benzene rings is 2. The maximum atomic E-state index is 13.0. The van der Waals surface area contributed by atoms with Crippen molar-refractivity contribution < 1.29 is 13.9 Å². The molecule has 28 heavy (non-hydrogen) atoms. The lowest BCUT2D eigenvalue weighted by Crippen LogP contribution is -2.33. The number of carbonyl (C=O) groups is 1. The van der Waals surface area contributed by atoms with Crippen LogP contribution in [0.5, 0.6) is 0 Å². The van der Waals surface area contributed by atoms with Gasteiger partial charge < -0.3 is 15.4 Å². The first-order valence-corrected chi connectivity index (χ1v) is 8.74. The molecule has 1 aliphatic heterocycles. The van der Waals surface area contributed by atoms with E-state index in [0.717, 1.165) is 29.9 Å². The molecule has 146 valence electrons. The van der Waals surface area contributed by atoms with Crippen LogP contribution in [0.4, 0.5) is 10.2 Å². The zero-order chi connectivity index (χ0) is 18.6.